The van der Waals surface area contributed by atoms with Crippen LogP contribution < -0.4 is 4.31 Å². The second-order valence-corrected chi connectivity index (χ2v) is 5.01. The molecule has 1 amide bonds. The first-order chi connectivity index (χ1) is 7.88. The molecule has 17 heavy (non-hydrogen) atoms. The largest absolute Gasteiger partial charge is 0.449 e. The third-order valence-corrected chi connectivity index (χ3v) is 2.85. The molecule has 0 aliphatic carbocycles. The molecule has 0 radical (unpaired) electrons. The van der Waals surface area contributed by atoms with Crippen LogP contribution in [-0.4, -0.2) is 27.4 Å². The van der Waals surface area contributed by atoms with E-state index in [4.69, 9.17) is 0 Å². The Balaban J connectivity index is 3.26. The van der Waals surface area contributed by atoms with Gasteiger partial charge in [0.05, 0.1) is 18.6 Å². The van der Waals surface area contributed by atoms with Crippen molar-refractivity contribution in [3.63, 3.8) is 0 Å². The third-order valence-electron chi connectivity index (χ3n) is 1.84. The Morgan fingerprint density at radius 1 is 1.41 bits per heavy atom. The van der Waals surface area contributed by atoms with Crippen LogP contribution in [-0.2, 0) is 14.8 Å². The summed E-state index contributed by atoms with van der Waals surface area (Å²) < 4.78 is 41.3. The van der Waals surface area contributed by atoms with Crippen molar-refractivity contribution in [3.05, 3.63) is 30.1 Å². The fraction of sp³-hybridized carbons (Fsp3) is 0.300. The average molecular weight is 261 g/mol. The Kier molecular flexibility index (Phi) is 4.06. The highest BCUT2D eigenvalue weighted by atomic mass is 32.2. The molecule has 94 valence electrons. The zero-order chi connectivity index (χ0) is 13.1. The van der Waals surface area contributed by atoms with Gasteiger partial charge in [0.1, 0.15) is 5.82 Å². The van der Waals surface area contributed by atoms with E-state index in [1.54, 1.807) is 0 Å². The Morgan fingerprint density at radius 3 is 2.47 bits per heavy atom. The van der Waals surface area contributed by atoms with Crippen LogP contribution in [0, 0.1) is 5.82 Å². The van der Waals surface area contributed by atoms with Crippen LogP contribution in [0.4, 0.5) is 14.9 Å². The molecule has 0 saturated heterocycles. The molecular weight excluding hydrogens is 249 g/mol. The van der Waals surface area contributed by atoms with E-state index in [1.807, 2.05) is 0 Å². The monoisotopic (exact) mass is 261 g/mol. The van der Waals surface area contributed by atoms with Crippen molar-refractivity contribution >= 4 is 21.8 Å². The number of ether oxygens (including phenoxy) is 1. The molecular formula is C10H12FNO4S. The number of sulfonamides is 1. The van der Waals surface area contributed by atoms with Gasteiger partial charge in [-0.3, -0.25) is 0 Å². The lowest BCUT2D eigenvalue weighted by Crippen LogP contribution is -2.37. The van der Waals surface area contributed by atoms with Gasteiger partial charge in [-0.1, -0.05) is 12.1 Å². The van der Waals surface area contributed by atoms with E-state index < -0.39 is 21.9 Å². The van der Waals surface area contributed by atoms with Crippen LogP contribution in [0.15, 0.2) is 24.3 Å². The summed E-state index contributed by atoms with van der Waals surface area (Å²) in [4.78, 5) is 11.5. The van der Waals surface area contributed by atoms with Gasteiger partial charge in [-0.15, -0.1) is 0 Å². The third kappa shape index (κ3) is 3.16. The minimum Gasteiger partial charge on any atom is -0.449 e. The number of benzene rings is 1. The van der Waals surface area contributed by atoms with E-state index in [9.17, 15) is 17.6 Å². The van der Waals surface area contributed by atoms with Crippen LogP contribution in [0.1, 0.15) is 6.92 Å². The highest BCUT2D eigenvalue weighted by molar-refractivity contribution is 7.92. The lowest BCUT2D eigenvalue weighted by atomic mass is 10.3. The summed E-state index contributed by atoms with van der Waals surface area (Å²) in [5.41, 5.74) is -0.353. The van der Waals surface area contributed by atoms with Crippen molar-refractivity contribution in [3.8, 4) is 0 Å². The van der Waals surface area contributed by atoms with Gasteiger partial charge in [0, 0.05) is 0 Å². The number of amides is 1. The maximum absolute atomic E-state index is 13.5. The molecule has 7 heteroatoms. The zero-order valence-corrected chi connectivity index (χ0v) is 10.2. The van der Waals surface area contributed by atoms with Crippen LogP contribution in [0.2, 0.25) is 0 Å². The van der Waals surface area contributed by atoms with Crippen molar-refractivity contribution in [1.82, 2.24) is 0 Å². The average Bonchev–Trinajstić information content (AvgIpc) is 2.19. The quantitative estimate of drug-likeness (QED) is 0.831. The Labute approximate surface area is 98.9 Å². The van der Waals surface area contributed by atoms with Gasteiger partial charge in [-0.2, -0.15) is 4.31 Å². The fourth-order valence-electron chi connectivity index (χ4n) is 1.21. The fourth-order valence-corrected chi connectivity index (χ4v) is 2.04. The summed E-state index contributed by atoms with van der Waals surface area (Å²) in [5, 5.41) is 0. The van der Waals surface area contributed by atoms with Crippen molar-refractivity contribution in [2.45, 2.75) is 6.92 Å². The Morgan fingerprint density at radius 2 is 2.00 bits per heavy atom. The van der Waals surface area contributed by atoms with E-state index >= 15 is 0 Å². The number of halogens is 1. The molecule has 0 aromatic heterocycles. The van der Waals surface area contributed by atoms with Gasteiger partial charge in [-0.25, -0.2) is 17.6 Å². The zero-order valence-electron chi connectivity index (χ0n) is 9.38. The predicted molar refractivity (Wildman–Crippen MR) is 60.7 cm³/mol. The highest BCUT2D eigenvalue weighted by Crippen LogP contribution is 2.22. The van der Waals surface area contributed by atoms with E-state index in [-0.39, 0.29) is 12.3 Å². The molecule has 0 atom stereocenters. The van der Waals surface area contributed by atoms with Gasteiger partial charge in [0.15, 0.2) is 0 Å². The Hall–Kier alpha value is -1.63. The minimum absolute atomic E-state index is 0.000689. The highest BCUT2D eigenvalue weighted by Gasteiger charge is 2.28. The molecule has 0 saturated carbocycles. The van der Waals surface area contributed by atoms with Crippen LogP contribution in [0.5, 0.6) is 0 Å². The van der Waals surface area contributed by atoms with E-state index in [0.717, 1.165) is 12.3 Å². The molecule has 5 nitrogen and oxygen atoms in total. The van der Waals surface area contributed by atoms with Crippen molar-refractivity contribution in [2.24, 2.45) is 0 Å². The van der Waals surface area contributed by atoms with E-state index in [2.05, 4.69) is 4.74 Å². The number of anilines is 1. The number of hydrogen-bond acceptors (Lipinski definition) is 4. The minimum atomic E-state index is -3.94. The normalized spacial score (nSPS) is 11.0. The summed E-state index contributed by atoms with van der Waals surface area (Å²) in [5.74, 6) is -0.814. The smallest absolute Gasteiger partial charge is 0.428 e. The first-order valence-corrected chi connectivity index (χ1v) is 6.64. The van der Waals surface area contributed by atoms with Gasteiger partial charge in [0.2, 0.25) is 10.0 Å². The van der Waals surface area contributed by atoms with Gasteiger partial charge < -0.3 is 4.74 Å². The lowest BCUT2D eigenvalue weighted by molar-refractivity contribution is 0.164. The van der Waals surface area contributed by atoms with E-state index in [0.29, 0.717) is 4.31 Å². The topological polar surface area (TPSA) is 63.7 Å². The number of rotatable bonds is 3. The van der Waals surface area contributed by atoms with Gasteiger partial charge >= 0.3 is 6.09 Å². The molecule has 0 fully saturated rings. The maximum Gasteiger partial charge on any atom is 0.428 e. The molecule has 0 bridgehead atoms. The van der Waals surface area contributed by atoms with Crippen molar-refractivity contribution in [2.75, 3.05) is 17.2 Å². The van der Waals surface area contributed by atoms with Gasteiger partial charge in [-0.05, 0) is 19.1 Å². The molecule has 0 N–H and O–H groups in total. The summed E-state index contributed by atoms with van der Waals surface area (Å²) in [6.07, 6.45) is -0.323. The second kappa shape index (κ2) is 5.13. The van der Waals surface area contributed by atoms with Crippen LogP contribution in [0.25, 0.3) is 0 Å². The second-order valence-electron chi connectivity index (χ2n) is 3.18. The summed E-state index contributed by atoms with van der Waals surface area (Å²) in [6.45, 7) is 1.53. The standard InChI is InChI=1S/C10H12FNO4S/c1-3-16-10(13)12(17(2,14)15)9-7-5-4-6-8(9)11/h4-7H,3H2,1-2H3. The summed E-state index contributed by atoms with van der Waals surface area (Å²) >= 11 is 0. The molecule has 0 heterocycles. The first-order valence-electron chi connectivity index (χ1n) is 4.79. The van der Waals surface area contributed by atoms with Crippen molar-refractivity contribution < 1.29 is 22.3 Å². The molecule has 0 aliphatic heterocycles. The lowest BCUT2D eigenvalue weighted by Gasteiger charge is -2.19. The Bertz CT molecular complexity index is 515. The predicted octanol–water partition coefficient (Wildman–Crippen LogP) is 1.75. The summed E-state index contributed by atoms with van der Waals surface area (Å²) in [7, 11) is -3.94. The number of carbonyl (C=O) groups is 1. The number of hydrogen-bond donors (Lipinski definition) is 0. The molecule has 0 unspecified atom stereocenters. The maximum atomic E-state index is 13.5. The molecule has 1 aromatic rings. The molecule has 1 rings (SSSR count). The van der Waals surface area contributed by atoms with E-state index in [1.165, 1.54) is 25.1 Å². The SMILES string of the molecule is CCOC(=O)N(c1ccccc1F)S(C)(=O)=O. The number of carbonyl (C=O) groups excluding carboxylic acids is 1. The number of para-hydroxylation sites is 1. The summed E-state index contributed by atoms with van der Waals surface area (Å²) in [6, 6.07) is 5.07. The first kappa shape index (κ1) is 13.4. The van der Waals surface area contributed by atoms with Crippen LogP contribution in [0.3, 0.4) is 0 Å². The molecule has 0 aliphatic rings. The van der Waals surface area contributed by atoms with Crippen molar-refractivity contribution in [1.29, 1.82) is 0 Å². The van der Waals surface area contributed by atoms with Crippen LogP contribution >= 0.6 is 0 Å². The number of nitrogens with zero attached hydrogens (tertiary/aromatic N) is 1. The van der Waals surface area contributed by atoms with Gasteiger partial charge in [0.25, 0.3) is 0 Å². The molecule has 0 spiro atoms. The molecule has 1 aromatic carbocycles.